The van der Waals surface area contributed by atoms with Gasteiger partial charge in [-0.2, -0.15) is 11.8 Å². The average Bonchev–Trinajstić information content (AvgIpc) is 1.97. The number of thioether (sulfide) groups is 1. The normalized spacial score (nSPS) is 10.2. The Kier molecular flexibility index (Phi) is 9.52. The molecule has 0 atom stereocenters. The summed E-state index contributed by atoms with van der Waals surface area (Å²) in [4.78, 5) is 0. The summed E-state index contributed by atoms with van der Waals surface area (Å²) in [6, 6.07) is 0. The molecule has 3 heteroatoms. The van der Waals surface area contributed by atoms with Crippen LogP contribution in [0.2, 0.25) is 0 Å². The zero-order chi connectivity index (χ0) is 7.66. The maximum absolute atomic E-state index is 8.42. The summed E-state index contributed by atoms with van der Waals surface area (Å²) in [5.74, 6) is 2.16. The van der Waals surface area contributed by atoms with E-state index in [-0.39, 0.29) is 0 Å². The van der Waals surface area contributed by atoms with Gasteiger partial charge in [-0.1, -0.05) is 0 Å². The Labute approximate surface area is 66.6 Å². The van der Waals surface area contributed by atoms with Crippen molar-refractivity contribution >= 4 is 11.8 Å². The zero-order valence-electron chi connectivity index (χ0n) is 6.25. The molecule has 10 heavy (non-hydrogen) atoms. The van der Waals surface area contributed by atoms with Crippen molar-refractivity contribution in [2.45, 2.75) is 19.3 Å². The second-order valence-electron chi connectivity index (χ2n) is 2.12. The number of rotatable bonds is 7. The van der Waals surface area contributed by atoms with E-state index in [9.17, 15) is 0 Å². The van der Waals surface area contributed by atoms with Crippen LogP contribution in [-0.2, 0) is 0 Å². The van der Waals surface area contributed by atoms with Gasteiger partial charge in [-0.25, -0.2) is 0 Å². The van der Waals surface area contributed by atoms with Crippen molar-refractivity contribution in [3.05, 3.63) is 0 Å². The molecule has 0 spiro atoms. The van der Waals surface area contributed by atoms with Crippen molar-refractivity contribution in [3.8, 4) is 0 Å². The van der Waals surface area contributed by atoms with Gasteiger partial charge in [-0.15, -0.1) is 0 Å². The van der Waals surface area contributed by atoms with E-state index in [2.05, 4.69) is 0 Å². The highest BCUT2D eigenvalue weighted by molar-refractivity contribution is 7.99. The van der Waals surface area contributed by atoms with Crippen molar-refractivity contribution in [2.24, 2.45) is 0 Å². The molecular formula is C7H16O2S. The van der Waals surface area contributed by atoms with E-state index in [1.165, 1.54) is 0 Å². The average molecular weight is 164 g/mol. The number of unbranched alkanes of at least 4 members (excludes halogenated alkanes) is 1. The van der Waals surface area contributed by atoms with Crippen LogP contribution in [0.4, 0.5) is 0 Å². The smallest absolute Gasteiger partial charge is 0.0438 e. The summed E-state index contributed by atoms with van der Waals surface area (Å²) < 4.78 is 0. The second-order valence-corrected chi connectivity index (χ2v) is 3.34. The highest BCUT2D eigenvalue weighted by Gasteiger charge is 1.88. The Morgan fingerprint density at radius 3 is 2.00 bits per heavy atom. The molecule has 0 bridgehead atoms. The first-order valence-corrected chi connectivity index (χ1v) is 4.86. The van der Waals surface area contributed by atoms with E-state index in [1.807, 2.05) is 11.8 Å². The van der Waals surface area contributed by atoms with Gasteiger partial charge in [0, 0.05) is 13.2 Å². The Hall–Kier alpha value is 0.270. The second kappa shape index (κ2) is 9.27. The molecule has 0 aromatic carbocycles. The minimum atomic E-state index is 0.299. The molecule has 0 saturated carbocycles. The molecule has 0 aliphatic heterocycles. The lowest BCUT2D eigenvalue weighted by molar-refractivity contribution is 0.287. The highest BCUT2D eigenvalue weighted by atomic mass is 32.2. The summed E-state index contributed by atoms with van der Waals surface area (Å²) in [5.41, 5.74) is 0. The summed E-state index contributed by atoms with van der Waals surface area (Å²) in [6.45, 7) is 0.605. The minimum absolute atomic E-state index is 0.299. The molecule has 0 unspecified atom stereocenters. The fourth-order valence-corrected chi connectivity index (χ4v) is 1.53. The van der Waals surface area contributed by atoms with Crippen LogP contribution in [0.15, 0.2) is 0 Å². The lowest BCUT2D eigenvalue weighted by Crippen LogP contribution is -1.89. The van der Waals surface area contributed by atoms with Gasteiger partial charge in [-0.3, -0.25) is 0 Å². The van der Waals surface area contributed by atoms with Gasteiger partial charge < -0.3 is 10.2 Å². The Balaban J connectivity index is 2.65. The van der Waals surface area contributed by atoms with Crippen LogP contribution in [-0.4, -0.2) is 34.9 Å². The molecule has 0 aromatic rings. The standard InChI is InChI=1S/C7H16O2S/c8-4-1-2-6-10-7-3-5-9/h8-9H,1-7H2. The molecule has 0 rings (SSSR count). The molecular weight excluding hydrogens is 148 g/mol. The highest BCUT2D eigenvalue weighted by Crippen LogP contribution is 2.05. The quantitative estimate of drug-likeness (QED) is 0.549. The van der Waals surface area contributed by atoms with Gasteiger partial charge in [-0.05, 0) is 30.8 Å². The van der Waals surface area contributed by atoms with E-state index in [1.54, 1.807) is 0 Å². The van der Waals surface area contributed by atoms with Crippen molar-refractivity contribution in [2.75, 3.05) is 24.7 Å². The molecule has 2 nitrogen and oxygen atoms in total. The van der Waals surface area contributed by atoms with E-state index < -0.39 is 0 Å². The van der Waals surface area contributed by atoms with Gasteiger partial charge >= 0.3 is 0 Å². The Morgan fingerprint density at radius 2 is 1.40 bits per heavy atom. The van der Waals surface area contributed by atoms with Gasteiger partial charge in [0.15, 0.2) is 0 Å². The van der Waals surface area contributed by atoms with Crippen LogP contribution in [0.1, 0.15) is 19.3 Å². The van der Waals surface area contributed by atoms with Gasteiger partial charge in [0.05, 0.1) is 0 Å². The van der Waals surface area contributed by atoms with Crippen LogP contribution in [0.25, 0.3) is 0 Å². The molecule has 0 aliphatic rings. The van der Waals surface area contributed by atoms with Crippen molar-refractivity contribution < 1.29 is 10.2 Å². The molecule has 0 aromatic heterocycles. The third kappa shape index (κ3) is 8.27. The predicted octanol–water partition coefficient (Wildman–Crippen LogP) is 0.875. The first kappa shape index (κ1) is 10.3. The number of aliphatic hydroxyl groups is 2. The summed E-state index contributed by atoms with van der Waals surface area (Å²) >= 11 is 1.85. The largest absolute Gasteiger partial charge is 0.396 e. The first-order chi connectivity index (χ1) is 4.91. The molecule has 0 radical (unpaired) electrons. The van der Waals surface area contributed by atoms with Gasteiger partial charge in [0.25, 0.3) is 0 Å². The van der Waals surface area contributed by atoms with E-state index in [4.69, 9.17) is 10.2 Å². The predicted molar refractivity (Wildman–Crippen MR) is 45.3 cm³/mol. The van der Waals surface area contributed by atoms with Crippen LogP contribution in [0, 0.1) is 0 Å². The van der Waals surface area contributed by atoms with Crippen LogP contribution in [0.5, 0.6) is 0 Å². The van der Waals surface area contributed by atoms with Crippen molar-refractivity contribution in [1.82, 2.24) is 0 Å². The zero-order valence-corrected chi connectivity index (χ0v) is 7.07. The summed E-state index contributed by atoms with van der Waals surface area (Å²) in [6.07, 6.45) is 2.89. The van der Waals surface area contributed by atoms with Crippen LogP contribution in [0.3, 0.4) is 0 Å². The third-order valence-electron chi connectivity index (χ3n) is 1.14. The molecule has 2 N–H and O–H groups in total. The summed E-state index contributed by atoms with van der Waals surface area (Å²) in [5, 5.41) is 16.8. The topological polar surface area (TPSA) is 40.5 Å². The Morgan fingerprint density at radius 1 is 0.800 bits per heavy atom. The number of hydrogen-bond acceptors (Lipinski definition) is 3. The van der Waals surface area contributed by atoms with E-state index in [0.29, 0.717) is 13.2 Å². The molecule has 0 aliphatic carbocycles. The van der Waals surface area contributed by atoms with Gasteiger partial charge in [0.1, 0.15) is 0 Å². The minimum Gasteiger partial charge on any atom is -0.396 e. The maximum Gasteiger partial charge on any atom is 0.0438 e. The fraction of sp³-hybridized carbons (Fsp3) is 1.00. The lowest BCUT2D eigenvalue weighted by Gasteiger charge is -1.97. The maximum atomic E-state index is 8.42. The Bertz CT molecular complexity index is 51.6. The van der Waals surface area contributed by atoms with Crippen molar-refractivity contribution in [3.63, 3.8) is 0 Å². The van der Waals surface area contributed by atoms with Crippen molar-refractivity contribution in [1.29, 1.82) is 0 Å². The first-order valence-electron chi connectivity index (χ1n) is 3.71. The molecule has 0 heterocycles. The lowest BCUT2D eigenvalue weighted by atomic mass is 10.4. The van der Waals surface area contributed by atoms with Crippen LogP contribution >= 0.6 is 11.8 Å². The van der Waals surface area contributed by atoms with Crippen LogP contribution < -0.4 is 0 Å². The number of aliphatic hydroxyl groups excluding tert-OH is 2. The number of hydrogen-bond donors (Lipinski definition) is 2. The molecule has 0 fully saturated rings. The molecule has 62 valence electrons. The van der Waals surface area contributed by atoms with E-state index >= 15 is 0 Å². The summed E-state index contributed by atoms with van der Waals surface area (Å²) in [7, 11) is 0. The molecule has 0 saturated heterocycles. The molecule has 0 amide bonds. The SMILES string of the molecule is OCCCCSCCCO. The van der Waals surface area contributed by atoms with E-state index in [0.717, 1.165) is 30.8 Å². The van der Waals surface area contributed by atoms with Gasteiger partial charge in [0.2, 0.25) is 0 Å². The fourth-order valence-electron chi connectivity index (χ4n) is 0.585. The third-order valence-corrected chi connectivity index (χ3v) is 2.30. The monoisotopic (exact) mass is 164 g/mol.